The third-order valence-electron chi connectivity index (χ3n) is 6.87. The quantitative estimate of drug-likeness (QED) is 0.0875. The summed E-state index contributed by atoms with van der Waals surface area (Å²) in [6.07, 6.45) is 8.92. The van der Waals surface area contributed by atoms with Crippen LogP contribution in [0.5, 0.6) is 5.75 Å². The van der Waals surface area contributed by atoms with Crippen molar-refractivity contribution in [2.45, 2.75) is 51.7 Å². The number of carbonyl (C=O) groups is 1. The SMILES string of the molecule is C[N+](C)(C)c1cccc(C(=O)OCCCCCCCCn2ccc3cc(OCc4ccccc4)ccc32)c1.[I-]. The number of fused-ring (bicyclic) bond motifs is 1. The molecule has 0 saturated heterocycles. The fraction of sp³-hybridized carbons (Fsp3) is 0.364. The lowest BCUT2D eigenvalue weighted by Gasteiger charge is -2.23. The Hall–Kier alpha value is -2.84. The molecule has 0 fully saturated rings. The largest absolute Gasteiger partial charge is 1.00 e. The van der Waals surface area contributed by atoms with Crippen LogP contribution in [0.3, 0.4) is 0 Å². The van der Waals surface area contributed by atoms with E-state index in [9.17, 15) is 4.79 Å². The molecule has 0 aliphatic rings. The van der Waals surface area contributed by atoms with Crippen LogP contribution in [0.1, 0.15) is 54.4 Å². The standard InChI is InChI=1S/C33H41N2O3.HI/c1-35(2,3)30-17-13-16-29(24-30)33(36)37-23-12-7-5-4-6-11-21-34-22-20-28-25-31(18-19-32(28)34)38-26-27-14-9-8-10-15-27;/h8-10,13-20,22,24-25H,4-7,11-12,21,23,26H2,1-3H3;1H/q+1;/p-1. The number of halogens is 1. The predicted octanol–water partition coefficient (Wildman–Crippen LogP) is 4.62. The molecule has 0 unspecified atom stereocenters. The minimum absolute atomic E-state index is 0. The Morgan fingerprint density at radius 2 is 1.54 bits per heavy atom. The molecular weight excluding hydrogens is 599 g/mol. The van der Waals surface area contributed by atoms with Crippen molar-refractivity contribution < 1.29 is 38.2 Å². The minimum Gasteiger partial charge on any atom is -1.00 e. The lowest BCUT2D eigenvalue weighted by molar-refractivity contribution is -0.0000266. The second-order valence-corrected chi connectivity index (χ2v) is 10.8. The molecule has 0 saturated carbocycles. The van der Waals surface area contributed by atoms with E-state index in [1.165, 1.54) is 35.7 Å². The molecule has 1 heterocycles. The molecule has 0 radical (unpaired) electrons. The second-order valence-electron chi connectivity index (χ2n) is 10.8. The van der Waals surface area contributed by atoms with E-state index in [0.717, 1.165) is 37.2 Å². The Morgan fingerprint density at radius 3 is 2.31 bits per heavy atom. The normalized spacial score (nSPS) is 11.3. The van der Waals surface area contributed by atoms with Gasteiger partial charge in [0.1, 0.15) is 18.0 Å². The summed E-state index contributed by atoms with van der Waals surface area (Å²) in [5, 5.41) is 1.22. The van der Waals surface area contributed by atoms with E-state index in [1.807, 2.05) is 42.5 Å². The maximum atomic E-state index is 12.4. The van der Waals surface area contributed by atoms with Crippen molar-refractivity contribution in [1.82, 2.24) is 9.05 Å². The second kappa shape index (κ2) is 15.1. The average molecular weight is 641 g/mol. The molecule has 5 nitrogen and oxygen atoms in total. The van der Waals surface area contributed by atoms with Gasteiger partial charge in [-0.05, 0) is 54.8 Å². The van der Waals surface area contributed by atoms with Crippen LogP contribution in [-0.2, 0) is 17.9 Å². The maximum Gasteiger partial charge on any atom is 0.338 e. The van der Waals surface area contributed by atoms with Crippen LogP contribution in [0.25, 0.3) is 10.9 Å². The van der Waals surface area contributed by atoms with Crippen molar-refractivity contribution >= 4 is 22.6 Å². The molecule has 0 spiro atoms. The van der Waals surface area contributed by atoms with Crippen LogP contribution < -0.4 is 33.2 Å². The van der Waals surface area contributed by atoms with Gasteiger partial charge in [-0.2, -0.15) is 0 Å². The molecule has 6 heteroatoms. The summed E-state index contributed by atoms with van der Waals surface area (Å²) in [6.45, 7) is 2.09. The number of quaternary nitrogens is 1. The first-order valence-electron chi connectivity index (χ1n) is 13.7. The summed E-state index contributed by atoms with van der Waals surface area (Å²) >= 11 is 0. The van der Waals surface area contributed by atoms with Gasteiger partial charge in [0, 0.05) is 29.7 Å². The molecule has 0 aliphatic heterocycles. The molecule has 4 aromatic rings. The van der Waals surface area contributed by atoms with Crippen LogP contribution in [0.2, 0.25) is 0 Å². The summed E-state index contributed by atoms with van der Waals surface area (Å²) in [4.78, 5) is 12.4. The predicted molar refractivity (Wildman–Crippen MR) is 157 cm³/mol. The summed E-state index contributed by atoms with van der Waals surface area (Å²) in [6, 6.07) is 26.5. The van der Waals surface area contributed by atoms with E-state index in [-0.39, 0.29) is 29.9 Å². The number of ether oxygens (including phenoxy) is 2. The number of esters is 1. The first-order valence-corrected chi connectivity index (χ1v) is 13.7. The molecule has 39 heavy (non-hydrogen) atoms. The molecule has 0 aliphatic carbocycles. The van der Waals surface area contributed by atoms with Crippen LogP contribution >= 0.6 is 0 Å². The van der Waals surface area contributed by atoms with Crippen molar-refractivity contribution in [1.29, 1.82) is 0 Å². The first-order chi connectivity index (χ1) is 18.4. The molecule has 0 atom stereocenters. The number of rotatable bonds is 14. The van der Waals surface area contributed by atoms with Gasteiger partial charge in [0.25, 0.3) is 0 Å². The van der Waals surface area contributed by atoms with Crippen molar-refractivity contribution in [3.8, 4) is 5.75 Å². The number of aromatic nitrogens is 1. The summed E-state index contributed by atoms with van der Waals surface area (Å²) in [5.74, 6) is 0.677. The van der Waals surface area contributed by atoms with Crippen LogP contribution in [0, 0.1) is 0 Å². The zero-order chi connectivity index (χ0) is 26.8. The molecular formula is C33H41IN2O3. The average Bonchev–Trinajstić information content (AvgIpc) is 3.33. The summed E-state index contributed by atoms with van der Waals surface area (Å²) < 4.78 is 14.5. The first kappa shape index (κ1) is 30.7. The van der Waals surface area contributed by atoms with Gasteiger partial charge in [-0.25, -0.2) is 4.79 Å². The van der Waals surface area contributed by atoms with Crippen LogP contribution in [-0.4, -0.2) is 38.3 Å². The third kappa shape index (κ3) is 9.39. The number of benzene rings is 3. The van der Waals surface area contributed by atoms with Crippen molar-refractivity contribution in [2.75, 3.05) is 27.7 Å². The molecule has 1 aromatic heterocycles. The summed E-state index contributed by atoms with van der Waals surface area (Å²) in [5.41, 5.74) is 4.15. The van der Waals surface area contributed by atoms with Gasteiger partial charge in [-0.1, -0.05) is 62.1 Å². The molecule has 0 amide bonds. The van der Waals surface area contributed by atoms with Gasteiger partial charge in [0.15, 0.2) is 0 Å². The third-order valence-corrected chi connectivity index (χ3v) is 6.87. The maximum absolute atomic E-state index is 12.4. The van der Waals surface area contributed by atoms with E-state index in [1.54, 1.807) is 0 Å². The Morgan fingerprint density at radius 1 is 0.795 bits per heavy atom. The number of nitrogens with zero attached hydrogens (tertiary/aromatic N) is 2. The number of unbranched alkanes of at least 4 members (excludes halogenated alkanes) is 5. The van der Waals surface area contributed by atoms with E-state index in [0.29, 0.717) is 23.3 Å². The molecule has 4 rings (SSSR count). The highest BCUT2D eigenvalue weighted by molar-refractivity contribution is 5.90. The number of aryl methyl sites for hydroxylation is 1. The fourth-order valence-corrected chi connectivity index (χ4v) is 4.59. The topological polar surface area (TPSA) is 40.5 Å². The highest BCUT2D eigenvalue weighted by atomic mass is 127. The smallest absolute Gasteiger partial charge is 0.338 e. The Kier molecular flexibility index (Phi) is 11.9. The van der Waals surface area contributed by atoms with Gasteiger partial charge < -0.3 is 38.0 Å². The van der Waals surface area contributed by atoms with Crippen molar-refractivity contribution in [3.63, 3.8) is 0 Å². The lowest BCUT2D eigenvalue weighted by Crippen LogP contribution is -3.00. The Balaban J connectivity index is 0.00000420. The number of hydrogen-bond acceptors (Lipinski definition) is 3. The van der Waals surface area contributed by atoms with Gasteiger partial charge in [-0.3, -0.25) is 4.48 Å². The van der Waals surface area contributed by atoms with Gasteiger partial charge >= 0.3 is 5.97 Å². The zero-order valence-electron chi connectivity index (χ0n) is 23.4. The Bertz CT molecular complexity index is 1310. The fourth-order valence-electron chi connectivity index (χ4n) is 4.59. The van der Waals surface area contributed by atoms with E-state index in [4.69, 9.17) is 9.47 Å². The van der Waals surface area contributed by atoms with Crippen LogP contribution in [0.4, 0.5) is 5.69 Å². The molecule has 0 bridgehead atoms. The lowest BCUT2D eigenvalue weighted by atomic mass is 10.1. The van der Waals surface area contributed by atoms with E-state index >= 15 is 0 Å². The highest BCUT2D eigenvalue weighted by Crippen LogP contribution is 2.24. The highest BCUT2D eigenvalue weighted by Gasteiger charge is 2.15. The number of hydrogen-bond donors (Lipinski definition) is 0. The van der Waals surface area contributed by atoms with Gasteiger partial charge in [0.05, 0.1) is 33.3 Å². The van der Waals surface area contributed by atoms with Crippen molar-refractivity contribution in [2.24, 2.45) is 0 Å². The molecule has 0 N–H and O–H groups in total. The van der Waals surface area contributed by atoms with Gasteiger partial charge in [0.2, 0.25) is 0 Å². The number of carbonyl (C=O) groups excluding carboxylic acids is 1. The summed E-state index contributed by atoms with van der Waals surface area (Å²) in [7, 11) is 6.26. The monoisotopic (exact) mass is 640 g/mol. The zero-order valence-corrected chi connectivity index (χ0v) is 25.6. The Labute approximate surface area is 250 Å². The molecule has 3 aromatic carbocycles. The molecule has 208 valence electrons. The minimum atomic E-state index is -0.228. The van der Waals surface area contributed by atoms with Crippen molar-refractivity contribution in [3.05, 3.63) is 96.2 Å². The van der Waals surface area contributed by atoms with E-state index < -0.39 is 0 Å². The van der Waals surface area contributed by atoms with Crippen LogP contribution in [0.15, 0.2) is 85.1 Å². The van der Waals surface area contributed by atoms with E-state index in [2.05, 4.69) is 68.3 Å². The van der Waals surface area contributed by atoms with Gasteiger partial charge in [-0.15, -0.1) is 0 Å².